The Bertz CT molecular complexity index is 787. The topological polar surface area (TPSA) is 67.9 Å². The number of carbonyl (C=O) groups excluding carboxylic acids is 2. The minimum atomic E-state index is -0.224. The average molecular weight is 388 g/mol. The molecular weight excluding hydrogens is 364 g/mol. The van der Waals surface area contributed by atoms with Crippen LogP contribution in [0.15, 0.2) is 41.8 Å². The third-order valence-electron chi connectivity index (χ3n) is 3.89. The van der Waals surface area contributed by atoms with E-state index in [1.54, 1.807) is 43.8 Å². The number of likely N-dealkylation sites (N-methyl/N-ethyl adjacent to an activating group) is 1. The predicted molar refractivity (Wildman–Crippen MR) is 107 cm³/mol. The summed E-state index contributed by atoms with van der Waals surface area (Å²) in [6.07, 6.45) is 3.15. The van der Waals surface area contributed by atoms with Gasteiger partial charge < -0.3 is 19.7 Å². The highest BCUT2D eigenvalue weighted by atomic mass is 32.1. The van der Waals surface area contributed by atoms with Gasteiger partial charge in [0, 0.05) is 17.5 Å². The van der Waals surface area contributed by atoms with Gasteiger partial charge in [0.2, 0.25) is 11.8 Å². The molecule has 0 aliphatic rings. The molecule has 1 aromatic carbocycles. The van der Waals surface area contributed by atoms with Crippen molar-refractivity contribution in [2.24, 2.45) is 0 Å². The third-order valence-corrected chi connectivity index (χ3v) is 4.77. The van der Waals surface area contributed by atoms with Gasteiger partial charge in [-0.1, -0.05) is 12.1 Å². The van der Waals surface area contributed by atoms with E-state index in [4.69, 9.17) is 9.47 Å². The van der Waals surface area contributed by atoms with Crippen molar-refractivity contribution in [3.8, 4) is 11.5 Å². The van der Waals surface area contributed by atoms with Crippen molar-refractivity contribution >= 4 is 29.2 Å². The molecule has 2 rings (SSSR count). The lowest BCUT2D eigenvalue weighted by Gasteiger charge is -2.18. The van der Waals surface area contributed by atoms with E-state index in [1.807, 2.05) is 30.5 Å². The maximum Gasteiger partial charge on any atom is 0.247 e. The smallest absolute Gasteiger partial charge is 0.247 e. The SMILES string of the molecule is CCN(CC(=O)NCc1cccs1)C(=O)C=Cc1ccc(OC)c(OC)c1. The molecule has 0 radical (unpaired) electrons. The van der Waals surface area contributed by atoms with Gasteiger partial charge in [-0.05, 0) is 42.1 Å². The summed E-state index contributed by atoms with van der Waals surface area (Å²) < 4.78 is 10.5. The lowest BCUT2D eigenvalue weighted by Crippen LogP contribution is -2.39. The van der Waals surface area contributed by atoms with Crippen molar-refractivity contribution in [2.45, 2.75) is 13.5 Å². The van der Waals surface area contributed by atoms with Crippen LogP contribution in [0, 0.1) is 0 Å². The molecule has 0 spiro atoms. The average Bonchev–Trinajstić information content (AvgIpc) is 3.22. The van der Waals surface area contributed by atoms with Crippen LogP contribution in [0.5, 0.6) is 11.5 Å². The molecule has 0 atom stereocenters. The molecule has 0 saturated heterocycles. The van der Waals surface area contributed by atoms with Crippen molar-refractivity contribution in [3.05, 3.63) is 52.2 Å². The van der Waals surface area contributed by atoms with E-state index >= 15 is 0 Å². The molecule has 0 aliphatic carbocycles. The largest absolute Gasteiger partial charge is 0.493 e. The van der Waals surface area contributed by atoms with E-state index in [0.29, 0.717) is 24.6 Å². The minimum absolute atomic E-state index is 0.0248. The van der Waals surface area contributed by atoms with E-state index in [1.165, 1.54) is 11.0 Å². The lowest BCUT2D eigenvalue weighted by molar-refractivity contribution is -0.132. The van der Waals surface area contributed by atoms with Crippen LogP contribution in [0.2, 0.25) is 0 Å². The number of nitrogens with zero attached hydrogens (tertiary/aromatic N) is 1. The summed E-state index contributed by atoms with van der Waals surface area (Å²) >= 11 is 1.58. The van der Waals surface area contributed by atoms with Gasteiger partial charge in [0.1, 0.15) is 0 Å². The maximum atomic E-state index is 12.4. The summed E-state index contributed by atoms with van der Waals surface area (Å²) in [5, 5.41) is 4.79. The fourth-order valence-electron chi connectivity index (χ4n) is 2.40. The van der Waals surface area contributed by atoms with Gasteiger partial charge in [-0.15, -0.1) is 11.3 Å². The van der Waals surface area contributed by atoms with Crippen molar-refractivity contribution in [2.75, 3.05) is 27.3 Å². The summed E-state index contributed by atoms with van der Waals surface area (Å²) in [5.74, 6) is 0.808. The molecule has 0 aliphatic heterocycles. The summed E-state index contributed by atoms with van der Waals surface area (Å²) in [6, 6.07) is 9.28. The Labute approximate surface area is 163 Å². The van der Waals surface area contributed by atoms with Gasteiger partial charge >= 0.3 is 0 Å². The molecule has 2 aromatic rings. The third kappa shape index (κ3) is 6.14. The molecule has 27 heavy (non-hydrogen) atoms. The van der Waals surface area contributed by atoms with E-state index in [9.17, 15) is 9.59 Å². The number of methoxy groups -OCH3 is 2. The van der Waals surface area contributed by atoms with E-state index in [0.717, 1.165) is 10.4 Å². The van der Waals surface area contributed by atoms with Crippen LogP contribution in [0.3, 0.4) is 0 Å². The van der Waals surface area contributed by atoms with Crippen molar-refractivity contribution in [1.29, 1.82) is 0 Å². The second-order valence-electron chi connectivity index (χ2n) is 5.66. The van der Waals surface area contributed by atoms with Crippen LogP contribution in [-0.4, -0.2) is 44.0 Å². The summed E-state index contributed by atoms with van der Waals surface area (Å²) in [5.41, 5.74) is 0.805. The molecule has 1 aromatic heterocycles. The van der Waals surface area contributed by atoms with E-state index in [2.05, 4.69) is 5.32 Å². The molecule has 0 bridgehead atoms. The number of thiophene rings is 1. The zero-order valence-corrected chi connectivity index (χ0v) is 16.5. The second kappa shape index (κ2) is 10.4. The molecule has 1 heterocycles. The molecule has 0 unspecified atom stereocenters. The fraction of sp³-hybridized carbons (Fsp3) is 0.300. The molecule has 0 saturated carbocycles. The molecule has 0 fully saturated rings. The maximum absolute atomic E-state index is 12.4. The normalized spacial score (nSPS) is 10.6. The zero-order valence-electron chi connectivity index (χ0n) is 15.7. The first-order valence-corrected chi connectivity index (χ1v) is 9.43. The lowest BCUT2D eigenvalue weighted by atomic mass is 10.2. The predicted octanol–water partition coefficient (Wildman–Crippen LogP) is 2.94. The number of hydrogen-bond donors (Lipinski definition) is 1. The van der Waals surface area contributed by atoms with Gasteiger partial charge in [-0.3, -0.25) is 9.59 Å². The molecular formula is C20H24N2O4S. The summed E-state index contributed by atoms with van der Waals surface area (Å²) in [4.78, 5) is 27.0. The first kappa shape index (κ1) is 20.5. The van der Waals surface area contributed by atoms with E-state index < -0.39 is 0 Å². The molecule has 144 valence electrons. The van der Waals surface area contributed by atoms with Gasteiger partial charge in [-0.25, -0.2) is 0 Å². The van der Waals surface area contributed by atoms with Gasteiger partial charge in [0.15, 0.2) is 11.5 Å². The number of benzene rings is 1. The zero-order chi connectivity index (χ0) is 19.6. The van der Waals surface area contributed by atoms with Crippen LogP contribution in [0.25, 0.3) is 6.08 Å². The Kier molecular flexibility index (Phi) is 7.88. The Morgan fingerprint density at radius 3 is 2.59 bits per heavy atom. The highest BCUT2D eigenvalue weighted by Crippen LogP contribution is 2.27. The van der Waals surface area contributed by atoms with Crippen molar-refractivity contribution in [1.82, 2.24) is 10.2 Å². The summed E-state index contributed by atoms with van der Waals surface area (Å²) in [7, 11) is 3.13. The fourth-order valence-corrected chi connectivity index (χ4v) is 3.05. The molecule has 1 N–H and O–H groups in total. The summed E-state index contributed by atoms with van der Waals surface area (Å²) in [6.45, 7) is 2.79. The van der Waals surface area contributed by atoms with Crippen LogP contribution in [0.4, 0.5) is 0 Å². The Morgan fingerprint density at radius 2 is 1.96 bits per heavy atom. The quantitative estimate of drug-likeness (QED) is 0.671. The highest BCUT2D eigenvalue weighted by Gasteiger charge is 2.13. The highest BCUT2D eigenvalue weighted by molar-refractivity contribution is 7.09. The van der Waals surface area contributed by atoms with Gasteiger partial charge in [0.05, 0.1) is 27.3 Å². The first-order valence-electron chi connectivity index (χ1n) is 8.55. The molecule has 7 heteroatoms. The number of nitrogens with one attached hydrogen (secondary N) is 1. The Balaban J connectivity index is 1.93. The Hall–Kier alpha value is -2.80. The number of rotatable bonds is 9. The number of amides is 2. The van der Waals surface area contributed by atoms with Gasteiger partial charge in [-0.2, -0.15) is 0 Å². The monoisotopic (exact) mass is 388 g/mol. The van der Waals surface area contributed by atoms with Crippen LogP contribution < -0.4 is 14.8 Å². The molecule has 6 nitrogen and oxygen atoms in total. The number of carbonyl (C=O) groups is 2. The second-order valence-corrected chi connectivity index (χ2v) is 6.69. The minimum Gasteiger partial charge on any atom is -0.493 e. The number of hydrogen-bond acceptors (Lipinski definition) is 5. The van der Waals surface area contributed by atoms with Crippen LogP contribution in [-0.2, 0) is 16.1 Å². The Morgan fingerprint density at radius 1 is 1.19 bits per heavy atom. The standard InChI is InChI=1S/C20H24N2O4S/c1-4-22(14-19(23)21-13-16-6-5-11-27-16)20(24)10-8-15-7-9-17(25-2)18(12-15)26-3/h5-12H,4,13-14H2,1-3H3,(H,21,23). The van der Waals surface area contributed by atoms with E-state index in [-0.39, 0.29) is 18.4 Å². The van der Waals surface area contributed by atoms with Crippen molar-refractivity contribution < 1.29 is 19.1 Å². The number of ether oxygens (including phenoxy) is 2. The first-order chi connectivity index (χ1) is 13.1. The molecule has 2 amide bonds. The van der Waals surface area contributed by atoms with Crippen molar-refractivity contribution in [3.63, 3.8) is 0 Å². The van der Waals surface area contributed by atoms with Crippen LogP contribution in [0.1, 0.15) is 17.4 Å². The van der Waals surface area contributed by atoms with Gasteiger partial charge in [0.25, 0.3) is 0 Å². The van der Waals surface area contributed by atoms with Crippen LogP contribution >= 0.6 is 11.3 Å².